The first-order chi connectivity index (χ1) is 8.61. The zero-order valence-corrected chi connectivity index (χ0v) is 10.9. The van der Waals surface area contributed by atoms with Gasteiger partial charge in [0.15, 0.2) is 5.82 Å². The number of aliphatic hydroxyl groups excluding tert-OH is 1. The van der Waals surface area contributed by atoms with Crippen LogP contribution in [0.15, 0.2) is 12.3 Å². The topological polar surface area (TPSA) is 42.4 Å². The molecule has 0 amide bonds. The van der Waals surface area contributed by atoms with E-state index in [0.717, 1.165) is 19.3 Å². The molecule has 2 rings (SSSR count). The third-order valence-electron chi connectivity index (χ3n) is 3.94. The summed E-state index contributed by atoms with van der Waals surface area (Å²) >= 11 is 0. The molecule has 4 heteroatoms. The zero-order valence-electron chi connectivity index (χ0n) is 10.9. The summed E-state index contributed by atoms with van der Waals surface area (Å²) in [6, 6.07) is 1.47. The molecule has 0 radical (unpaired) electrons. The van der Waals surface area contributed by atoms with Gasteiger partial charge in [0, 0.05) is 11.8 Å². The molecule has 1 fully saturated rings. The van der Waals surface area contributed by atoms with E-state index in [1.807, 2.05) is 0 Å². The summed E-state index contributed by atoms with van der Waals surface area (Å²) in [4.78, 5) is 3.92. The van der Waals surface area contributed by atoms with Gasteiger partial charge in [-0.1, -0.05) is 13.8 Å². The highest BCUT2D eigenvalue weighted by molar-refractivity contribution is 5.23. The van der Waals surface area contributed by atoms with Crippen LogP contribution in [0.4, 0.5) is 4.39 Å². The molecule has 18 heavy (non-hydrogen) atoms. The summed E-state index contributed by atoms with van der Waals surface area (Å²) in [6.45, 7) is 4.11. The number of hydrogen-bond acceptors (Lipinski definition) is 3. The number of ether oxygens (including phenoxy) is 1. The van der Waals surface area contributed by atoms with Gasteiger partial charge in [0.05, 0.1) is 6.61 Å². The normalized spacial score (nSPS) is 28.1. The second-order valence-corrected chi connectivity index (χ2v) is 5.25. The molecule has 3 unspecified atom stereocenters. The van der Waals surface area contributed by atoms with E-state index in [2.05, 4.69) is 18.8 Å². The van der Waals surface area contributed by atoms with Gasteiger partial charge in [-0.25, -0.2) is 9.37 Å². The Balaban J connectivity index is 2.06. The number of nitrogens with zero attached hydrogens (tertiary/aromatic N) is 1. The van der Waals surface area contributed by atoms with Crippen LogP contribution in [-0.4, -0.2) is 16.2 Å². The summed E-state index contributed by atoms with van der Waals surface area (Å²) in [5.41, 5.74) is 0.234. The smallest absolute Gasteiger partial charge is 0.251 e. The second-order valence-electron chi connectivity index (χ2n) is 5.25. The fraction of sp³-hybridized carbons (Fsp3) is 0.643. The molecule has 1 heterocycles. The molecule has 1 saturated carbocycles. The van der Waals surface area contributed by atoms with Crippen molar-refractivity contribution in [1.29, 1.82) is 0 Å². The molecule has 1 aliphatic rings. The van der Waals surface area contributed by atoms with Crippen molar-refractivity contribution in [1.82, 2.24) is 4.98 Å². The summed E-state index contributed by atoms with van der Waals surface area (Å²) in [5, 5.41) is 9.00. The molecule has 0 saturated heterocycles. The first-order valence-corrected chi connectivity index (χ1v) is 6.52. The summed E-state index contributed by atoms with van der Waals surface area (Å²) < 4.78 is 19.5. The van der Waals surface area contributed by atoms with Crippen LogP contribution in [0.25, 0.3) is 0 Å². The molecule has 3 atom stereocenters. The first-order valence-electron chi connectivity index (χ1n) is 6.52. The van der Waals surface area contributed by atoms with Crippen LogP contribution in [0.3, 0.4) is 0 Å². The van der Waals surface area contributed by atoms with Crippen molar-refractivity contribution in [2.24, 2.45) is 11.8 Å². The van der Waals surface area contributed by atoms with Crippen LogP contribution >= 0.6 is 0 Å². The number of halogens is 1. The van der Waals surface area contributed by atoms with E-state index in [9.17, 15) is 4.39 Å². The van der Waals surface area contributed by atoms with E-state index in [1.54, 1.807) is 0 Å². The minimum Gasteiger partial charge on any atom is -0.472 e. The van der Waals surface area contributed by atoms with Crippen molar-refractivity contribution in [3.05, 3.63) is 23.6 Å². The highest BCUT2D eigenvalue weighted by atomic mass is 19.1. The van der Waals surface area contributed by atoms with Gasteiger partial charge in [-0.3, -0.25) is 0 Å². The van der Waals surface area contributed by atoms with Crippen LogP contribution in [-0.2, 0) is 6.61 Å². The molecule has 1 N–H and O–H groups in total. The van der Waals surface area contributed by atoms with Gasteiger partial charge in [-0.15, -0.1) is 0 Å². The fourth-order valence-electron chi connectivity index (χ4n) is 2.43. The largest absolute Gasteiger partial charge is 0.472 e. The molecule has 0 aromatic carbocycles. The van der Waals surface area contributed by atoms with E-state index in [0.29, 0.717) is 11.8 Å². The molecule has 1 aromatic rings. The Morgan fingerprint density at radius 2 is 2.17 bits per heavy atom. The lowest BCUT2D eigenvalue weighted by atomic mass is 9.80. The Morgan fingerprint density at radius 3 is 2.83 bits per heavy atom. The van der Waals surface area contributed by atoms with E-state index >= 15 is 0 Å². The van der Waals surface area contributed by atoms with Crippen molar-refractivity contribution in [2.45, 2.75) is 45.8 Å². The van der Waals surface area contributed by atoms with Crippen molar-refractivity contribution in [3.63, 3.8) is 0 Å². The molecule has 0 spiro atoms. The SMILES string of the molecule is CC1CCC(Oc2nccc(CO)c2F)CC1C. The van der Waals surface area contributed by atoms with Crippen molar-refractivity contribution in [3.8, 4) is 5.88 Å². The molecule has 1 aromatic heterocycles. The van der Waals surface area contributed by atoms with Gasteiger partial charge in [0.25, 0.3) is 5.88 Å². The summed E-state index contributed by atoms with van der Waals surface area (Å²) in [7, 11) is 0. The predicted octanol–water partition coefficient (Wildman–Crippen LogP) is 2.92. The molecular formula is C14H20FNO2. The Hall–Kier alpha value is -1.16. The predicted molar refractivity (Wildman–Crippen MR) is 66.7 cm³/mol. The maximum absolute atomic E-state index is 13.9. The number of rotatable bonds is 3. The third-order valence-corrected chi connectivity index (χ3v) is 3.94. The Morgan fingerprint density at radius 1 is 1.39 bits per heavy atom. The zero-order chi connectivity index (χ0) is 13.1. The Kier molecular flexibility index (Phi) is 4.17. The Labute approximate surface area is 107 Å². The highest BCUT2D eigenvalue weighted by Gasteiger charge is 2.27. The van der Waals surface area contributed by atoms with E-state index < -0.39 is 5.82 Å². The van der Waals surface area contributed by atoms with Crippen LogP contribution in [0, 0.1) is 17.7 Å². The minimum absolute atomic E-state index is 0.0216. The monoisotopic (exact) mass is 253 g/mol. The maximum atomic E-state index is 13.9. The van der Waals surface area contributed by atoms with Crippen LogP contribution in [0.2, 0.25) is 0 Å². The molecule has 0 aliphatic heterocycles. The average molecular weight is 253 g/mol. The van der Waals surface area contributed by atoms with Gasteiger partial charge in [0.2, 0.25) is 0 Å². The molecule has 0 bridgehead atoms. The van der Waals surface area contributed by atoms with Gasteiger partial charge in [-0.05, 0) is 37.2 Å². The summed E-state index contributed by atoms with van der Waals surface area (Å²) in [5.74, 6) is 0.777. The van der Waals surface area contributed by atoms with E-state index in [4.69, 9.17) is 9.84 Å². The second kappa shape index (κ2) is 5.65. The van der Waals surface area contributed by atoms with Crippen molar-refractivity contribution in [2.75, 3.05) is 0 Å². The maximum Gasteiger partial charge on any atom is 0.251 e. The van der Waals surface area contributed by atoms with Crippen LogP contribution < -0.4 is 4.74 Å². The van der Waals surface area contributed by atoms with Gasteiger partial charge < -0.3 is 9.84 Å². The molecule has 100 valence electrons. The quantitative estimate of drug-likeness (QED) is 0.900. The van der Waals surface area contributed by atoms with Gasteiger partial charge in [0.1, 0.15) is 6.10 Å². The van der Waals surface area contributed by atoms with Crippen LogP contribution in [0.1, 0.15) is 38.7 Å². The number of pyridine rings is 1. The molecule has 3 nitrogen and oxygen atoms in total. The standard InChI is InChI=1S/C14H20FNO2/c1-9-3-4-12(7-10(9)2)18-14-13(15)11(8-17)5-6-16-14/h5-6,9-10,12,17H,3-4,7-8H2,1-2H3. The van der Waals surface area contributed by atoms with E-state index in [1.165, 1.54) is 12.3 Å². The lowest BCUT2D eigenvalue weighted by Gasteiger charge is -2.32. The molecular weight excluding hydrogens is 233 g/mol. The molecule has 1 aliphatic carbocycles. The number of aromatic nitrogens is 1. The number of hydrogen-bond donors (Lipinski definition) is 1. The van der Waals surface area contributed by atoms with Crippen molar-refractivity contribution >= 4 is 0 Å². The Bertz CT molecular complexity index is 411. The fourth-order valence-corrected chi connectivity index (χ4v) is 2.43. The number of aliphatic hydroxyl groups is 1. The van der Waals surface area contributed by atoms with Crippen LogP contribution in [0.5, 0.6) is 5.88 Å². The van der Waals surface area contributed by atoms with Crippen molar-refractivity contribution < 1.29 is 14.2 Å². The lowest BCUT2D eigenvalue weighted by molar-refractivity contribution is 0.0917. The minimum atomic E-state index is -0.536. The van der Waals surface area contributed by atoms with Gasteiger partial charge in [-0.2, -0.15) is 0 Å². The van der Waals surface area contributed by atoms with E-state index in [-0.39, 0.29) is 24.2 Å². The highest BCUT2D eigenvalue weighted by Crippen LogP contribution is 2.32. The lowest BCUT2D eigenvalue weighted by Crippen LogP contribution is -2.29. The third kappa shape index (κ3) is 2.80. The van der Waals surface area contributed by atoms with Gasteiger partial charge >= 0.3 is 0 Å². The first kappa shape index (κ1) is 13.3. The summed E-state index contributed by atoms with van der Waals surface area (Å²) in [6.07, 6.45) is 4.49. The average Bonchev–Trinajstić information content (AvgIpc) is 2.36.